The van der Waals surface area contributed by atoms with Gasteiger partial charge in [-0.25, -0.2) is 4.98 Å². The summed E-state index contributed by atoms with van der Waals surface area (Å²) in [5.74, 6) is 2.45. The van der Waals surface area contributed by atoms with Crippen molar-refractivity contribution in [3.63, 3.8) is 0 Å². The van der Waals surface area contributed by atoms with Crippen LogP contribution in [-0.2, 0) is 19.6 Å². The van der Waals surface area contributed by atoms with Crippen LogP contribution in [0.5, 0.6) is 0 Å². The molecule has 3 aromatic heterocycles. The second kappa shape index (κ2) is 17.3. The van der Waals surface area contributed by atoms with Gasteiger partial charge in [-0.1, -0.05) is 41.5 Å². The predicted octanol–water partition coefficient (Wildman–Crippen LogP) is 8.09. The first-order valence-corrected chi connectivity index (χ1v) is 13.0. The molecular weight excluding hydrogens is 404 g/mol. The summed E-state index contributed by atoms with van der Waals surface area (Å²) in [5, 5.41) is 0. The van der Waals surface area contributed by atoms with Crippen molar-refractivity contribution in [3.05, 3.63) is 67.3 Å². The molecule has 3 aromatic rings. The van der Waals surface area contributed by atoms with E-state index < -0.39 is 0 Å². The van der Waals surface area contributed by atoms with Gasteiger partial charge in [0.1, 0.15) is 0 Å². The third-order valence-corrected chi connectivity index (χ3v) is 5.62. The predicted molar refractivity (Wildman–Crippen MR) is 143 cm³/mol. The fraction of sp³-hybridized carbons (Fsp3) is 0.621. The molecule has 0 aliphatic heterocycles. The maximum atomic E-state index is 3.96. The van der Waals surface area contributed by atoms with Gasteiger partial charge in [0.2, 0.25) is 0 Å². The number of hydrogen-bond donors (Lipinski definition) is 0. The third kappa shape index (κ3) is 15.3. The Labute approximate surface area is 204 Å². The molecule has 0 aromatic carbocycles. The molecule has 0 fully saturated rings. The maximum Gasteiger partial charge on any atom is 0.0945 e. The molecule has 186 valence electrons. The zero-order valence-electron chi connectivity index (χ0n) is 22.5. The number of hydrogen-bond acceptors (Lipinski definition) is 1. The minimum atomic E-state index is 0.780. The Morgan fingerprint density at radius 3 is 1.76 bits per heavy atom. The van der Waals surface area contributed by atoms with Crippen LogP contribution in [0.2, 0.25) is 0 Å². The highest BCUT2D eigenvalue weighted by atomic mass is 15.0. The van der Waals surface area contributed by atoms with Gasteiger partial charge in [-0.15, -0.1) is 0 Å². The van der Waals surface area contributed by atoms with Crippen molar-refractivity contribution >= 4 is 0 Å². The average molecular weight is 455 g/mol. The van der Waals surface area contributed by atoms with E-state index in [0.29, 0.717) is 0 Å². The maximum absolute atomic E-state index is 3.96. The first kappa shape index (κ1) is 28.8. The van der Waals surface area contributed by atoms with E-state index in [1.807, 2.05) is 18.7 Å². The highest BCUT2D eigenvalue weighted by Gasteiger charge is 1.97. The first-order valence-electron chi connectivity index (χ1n) is 13.0. The summed E-state index contributed by atoms with van der Waals surface area (Å²) < 4.78 is 6.67. The van der Waals surface area contributed by atoms with Gasteiger partial charge in [0, 0.05) is 56.3 Å². The molecule has 4 nitrogen and oxygen atoms in total. The standard InChI is InChI=1S/C11H19N.C10H17N.C8H14N2/c1-10(2)6-4-8-12-9-5-7-11(12)3;1-10(2)6-5-9-11-7-3-4-8-11;1-8(2)3-5-10-6-4-9-7-10/h5,7,9-10H,4,6,8H2,1-3H3;3-4,7-8,10H,5-6,9H2,1-2H3;4,6-8H,3,5H2,1-2H3. The van der Waals surface area contributed by atoms with E-state index in [-0.39, 0.29) is 0 Å². The van der Waals surface area contributed by atoms with E-state index in [9.17, 15) is 0 Å². The molecule has 0 amide bonds. The van der Waals surface area contributed by atoms with Gasteiger partial charge >= 0.3 is 0 Å². The van der Waals surface area contributed by atoms with Crippen molar-refractivity contribution in [2.45, 2.75) is 100 Å². The van der Waals surface area contributed by atoms with E-state index in [2.05, 4.69) is 110 Å². The molecule has 3 heterocycles. The quantitative estimate of drug-likeness (QED) is 0.288. The van der Waals surface area contributed by atoms with Crippen LogP contribution >= 0.6 is 0 Å². The van der Waals surface area contributed by atoms with Crippen molar-refractivity contribution in [1.82, 2.24) is 18.7 Å². The molecular formula is C29H50N4. The Hall–Kier alpha value is -2.23. The Kier molecular flexibility index (Phi) is 15.1. The minimum Gasteiger partial charge on any atom is -0.354 e. The molecule has 0 saturated heterocycles. The number of aryl methyl sites for hydroxylation is 4. The summed E-state index contributed by atoms with van der Waals surface area (Å²) in [6, 6.07) is 8.44. The molecule has 3 rings (SSSR count). The monoisotopic (exact) mass is 454 g/mol. The summed E-state index contributed by atoms with van der Waals surface area (Å²) in [6.45, 7) is 19.2. The Bertz CT molecular complexity index is 780. The zero-order valence-corrected chi connectivity index (χ0v) is 22.5. The van der Waals surface area contributed by atoms with Crippen LogP contribution < -0.4 is 0 Å². The van der Waals surface area contributed by atoms with Gasteiger partial charge in [-0.3, -0.25) is 0 Å². The summed E-state index contributed by atoms with van der Waals surface area (Å²) in [7, 11) is 0. The van der Waals surface area contributed by atoms with Crippen LogP contribution in [-0.4, -0.2) is 18.7 Å². The lowest BCUT2D eigenvalue weighted by Crippen LogP contribution is -1.99. The van der Waals surface area contributed by atoms with Gasteiger partial charge in [0.05, 0.1) is 6.33 Å². The van der Waals surface area contributed by atoms with Crippen LogP contribution in [0.25, 0.3) is 0 Å². The van der Waals surface area contributed by atoms with E-state index >= 15 is 0 Å². The largest absolute Gasteiger partial charge is 0.354 e. The molecule has 0 unspecified atom stereocenters. The lowest BCUT2D eigenvalue weighted by Gasteiger charge is -2.07. The van der Waals surface area contributed by atoms with Crippen molar-refractivity contribution in [2.75, 3.05) is 0 Å². The summed E-state index contributed by atoms with van der Waals surface area (Å²) in [6.07, 6.45) is 18.6. The van der Waals surface area contributed by atoms with Crippen LogP contribution in [0.15, 0.2) is 61.6 Å². The molecule has 0 spiro atoms. The zero-order chi connectivity index (χ0) is 24.5. The highest BCUT2D eigenvalue weighted by molar-refractivity contribution is 5.04. The van der Waals surface area contributed by atoms with Crippen molar-refractivity contribution < 1.29 is 0 Å². The highest BCUT2D eigenvalue weighted by Crippen LogP contribution is 2.08. The summed E-state index contributed by atoms with van der Waals surface area (Å²) >= 11 is 0. The van der Waals surface area contributed by atoms with E-state index in [1.165, 1.54) is 50.9 Å². The molecule has 0 radical (unpaired) electrons. The van der Waals surface area contributed by atoms with Crippen LogP contribution in [0.4, 0.5) is 0 Å². The second-order valence-corrected chi connectivity index (χ2v) is 10.3. The van der Waals surface area contributed by atoms with Crippen LogP contribution in [0.3, 0.4) is 0 Å². The fourth-order valence-corrected chi connectivity index (χ4v) is 3.45. The molecule has 4 heteroatoms. The lowest BCUT2D eigenvalue weighted by molar-refractivity contribution is 0.509. The first-order chi connectivity index (χ1) is 15.8. The van der Waals surface area contributed by atoms with Crippen molar-refractivity contribution in [2.24, 2.45) is 17.8 Å². The third-order valence-electron chi connectivity index (χ3n) is 5.62. The van der Waals surface area contributed by atoms with Gasteiger partial charge < -0.3 is 13.7 Å². The number of nitrogens with zero attached hydrogens (tertiary/aromatic N) is 4. The molecule has 0 saturated carbocycles. The molecule has 0 N–H and O–H groups in total. The SMILES string of the molecule is CC(C)CCCn1cccc1.CC(C)CCn1ccnc1.Cc1cccn1CCCC(C)C. The molecule has 0 atom stereocenters. The smallest absolute Gasteiger partial charge is 0.0945 e. The summed E-state index contributed by atoms with van der Waals surface area (Å²) in [4.78, 5) is 3.96. The van der Waals surface area contributed by atoms with E-state index in [4.69, 9.17) is 0 Å². The normalized spacial score (nSPS) is 10.8. The average Bonchev–Trinajstić information content (AvgIpc) is 3.51. The van der Waals surface area contributed by atoms with Gasteiger partial charge in [0.25, 0.3) is 0 Å². The minimum absolute atomic E-state index is 0.780. The number of imidazole rings is 1. The number of rotatable bonds is 11. The van der Waals surface area contributed by atoms with Crippen molar-refractivity contribution in [3.8, 4) is 0 Å². The van der Waals surface area contributed by atoms with Gasteiger partial charge in [-0.2, -0.15) is 0 Å². The molecule has 0 aliphatic rings. The molecule has 33 heavy (non-hydrogen) atoms. The van der Waals surface area contributed by atoms with Crippen molar-refractivity contribution in [1.29, 1.82) is 0 Å². The fourth-order valence-electron chi connectivity index (χ4n) is 3.45. The van der Waals surface area contributed by atoms with E-state index in [0.717, 1.165) is 24.3 Å². The number of aromatic nitrogens is 4. The Morgan fingerprint density at radius 2 is 1.27 bits per heavy atom. The second-order valence-electron chi connectivity index (χ2n) is 10.3. The van der Waals surface area contributed by atoms with E-state index in [1.54, 1.807) is 0 Å². The van der Waals surface area contributed by atoms with Gasteiger partial charge in [-0.05, 0) is 81.0 Å². The topological polar surface area (TPSA) is 27.7 Å². The van der Waals surface area contributed by atoms with Crippen LogP contribution in [0.1, 0.15) is 79.3 Å². The molecule has 0 aliphatic carbocycles. The Morgan fingerprint density at radius 1 is 0.667 bits per heavy atom. The van der Waals surface area contributed by atoms with Crippen LogP contribution in [0, 0.1) is 24.7 Å². The molecule has 0 bridgehead atoms. The lowest BCUT2D eigenvalue weighted by atomic mass is 10.1. The summed E-state index contributed by atoms with van der Waals surface area (Å²) in [5.41, 5.74) is 1.37. The Balaban J connectivity index is 0.000000249. The van der Waals surface area contributed by atoms with Gasteiger partial charge in [0.15, 0.2) is 0 Å².